The van der Waals surface area contributed by atoms with E-state index in [1.165, 1.54) is 26.4 Å². The van der Waals surface area contributed by atoms with Crippen LogP contribution in [0.4, 0.5) is 0 Å². The lowest BCUT2D eigenvalue weighted by Gasteiger charge is -2.13. The van der Waals surface area contributed by atoms with Gasteiger partial charge in [-0.1, -0.05) is 18.2 Å². The summed E-state index contributed by atoms with van der Waals surface area (Å²) < 4.78 is 26.4. The van der Waals surface area contributed by atoms with Gasteiger partial charge in [0.25, 0.3) is 5.56 Å². The molecule has 0 aliphatic carbocycles. The molecule has 1 heterocycles. The topological polar surface area (TPSA) is 88.5 Å². The molecule has 0 saturated heterocycles. The van der Waals surface area contributed by atoms with Gasteiger partial charge < -0.3 is 9.88 Å². The predicted octanol–water partition coefficient (Wildman–Crippen LogP) is 1.01. The van der Waals surface area contributed by atoms with E-state index in [0.717, 1.165) is 19.8 Å². The van der Waals surface area contributed by atoms with Crippen molar-refractivity contribution >= 4 is 27.7 Å². The predicted molar refractivity (Wildman–Crippen MR) is 102 cm³/mol. The van der Waals surface area contributed by atoms with E-state index in [0.29, 0.717) is 12.3 Å². The highest BCUT2D eigenvalue weighted by molar-refractivity contribution is 7.99. The SMILES string of the molecule is CN(C)S(=O)(=O)c1ccc(=O)n(CC(=O)NCCSc2ccccc2)c1. The van der Waals surface area contributed by atoms with Gasteiger partial charge in [-0.05, 0) is 18.2 Å². The Balaban J connectivity index is 1.93. The Labute approximate surface area is 157 Å². The molecule has 7 nitrogen and oxygen atoms in total. The Hall–Kier alpha value is -2.10. The highest BCUT2D eigenvalue weighted by Crippen LogP contribution is 2.15. The second-order valence-electron chi connectivity index (χ2n) is 5.63. The van der Waals surface area contributed by atoms with Crippen LogP contribution in [-0.2, 0) is 21.4 Å². The first-order valence-corrected chi connectivity index (χ1v) is 10.3. The summed E-state index contributed by atoms with van der Waals surface area (Å²) >= 11 is 1.61. The number of carbonyl (C=O) groups is 1. The van der Waals surface area contributed by atoms with Crippen molar-refractivity contribution in [2.45, 2.75) is 16.3 Å². The monoisotopic (exact) mass is 395 g/mol. The van der Waals surface area contributed by atoms with Crippen LogP contribution in [-0.4, -0.2) is 49.6 Å². The minimum atomic E-state index is -3.66. The Morgan fingerprint density at radius 3 is 2.50 bits per heavy atom. The van der Waals surface area contributed by atoms with Crippen LogP contribution in [0.3, 0.4) is 0 Å². The average Bonchev–Trinajstić information content (AvgIpc) is 2.61. The quantitative estimate of drug-likeness (QED) is 0.532. The highest BCUT2D eigenvalue weighted by Gasteiger charge is 2.18. The first kappa shape index (κ1) is 20.2. The Kier molecular flexibility index (Phi) is 7.01. The minimum Gasteiger partial charge on any atom is -0.354 e. The number of hydrogen-bond acceptors (Lipinski definition) is 5. The molecule has 2 aromatic rings. The van der Waals surface area contributed by atoms with Gasteiger partial charge in [-0.2, -0.15) is 0 Å². The molecule has 0 fully saturated rings. The summed E-state index contributed by atoms with van der Waals surface area (Å²) in [5, 5.41) is 2.73. The van der Waals surface area contributed by atoms with E-state index in [2.05, 4.69) is 5.32 Å². The minimum absolute atomic E-state index is 0.0328. The zero-order valence-corrected chi connectivity index (χ0v) is 16.2. The summed E-state index contributed by atoms with van der Waals surface area (Å²) in [7, 11) is -0.856. The lowest BCUT2D eigenvalue weighted by atomic mass is 10.4. The fourth-order valence-corrected chi connectivity index (χ4v) is 3.79. The van der Waals surface area contributed by atoms with Crippen LogP contribution in [0.25, 0.3) is 0 Å². The van der Waals surface area contributed by atoms with Crippen LogP contribution >= 0.6 is 11.8 Å². The molecule has 0 atom stereocenters. The number of amides is 1. The van der Waals surface area contributed by atoms with Gasteiger partial charge >= 0.3 is 0 Å². The molecular formula is C17H21N3O4S2. The van der Waals surface area contributed by atoms with Gasteiger partial charge in [0, 0.05) is 43.6 Å². The molecular weight excluding hydrogens is 374 g/mol. The average molecular weight is 396 g/mol. The number of nitrogens with one attached hydrogen (secondary N) is 1. The number of benzene rings is 1. The second kappa shape index (κ2) is 9.02. The van der Waals surface area contributed by atoms with E-state index in [-0.39, 0.29) is 17.3 Å². The van der Waals surface area contributed by atoms with Crippen molar-refractivity contribution in [1.29, 1.82) is 0 Å². The molecule has 0 saturated carbocycles. The van der Waals surface area contributed by atoms with Crippen LogP contribution < -0.4 is 10.9 Å². The Morgan fingerprint density at radius 1 is 1.15 bits per heavy atom. The van der Waals surface area contributed by atoms with Crippen molar-refractivity contribution in [3.8, 4) is 0 Å². The molecule has 0 bridgehead atoms. The Morgan fingerprint density at radius 2 is 1.85 bits per heavy atom. The summed E-state index contributed by atoms with van der Waals surface area (Å²) in [5.74, 6) is 0.347. The van der Waals surface area contributed by atoms with E-state index < -0.39 is 15.6 Å². The number of aromatic nitrogens is 1. The first-order valence-electron chi connectivity index (χ1n) is 7.88. The summed E-state index contributed by atoms with van der Waals surface area (Å²) in [5.41, 5.74) is -0.434. The molecule has 0 unspecified atom stereocenters. The maximum absolute atomic E-state index is 12.1. The lowest BCUT2D eigenvalue weighted by molar-refractivity contribution is -0.121. The fourth-order valence-electron chi connectivity index (χ4n) is 2.08. The van der Waals surface area contributed by atoms with Crippen molar-refractivity contribution in [2.24, 2.45) is 0 Å². The van der Waals surface area contributed by atoms with E-state index in [1.54, 1.807) is 11.8 Å². The van der Waals surface area contributed by atoms with Crippen LogP contribution in [0.15, 0.2) is 63.2 Å². The number of carbonyl (C=O) groups excluding carboxylic acids is 1. The van der Waals surface area contributed by atoms with Gasteiger partial charge in [-0.15, -0.1) is 11.8 Å². The van der Waals surface area contributed by atoms with Crippen molar-refractivity contribution in [3.05, 3.63) is 59.0 Å². The molecule has 0 aliphatic rings. The fraction of sp³-hybridized carbons (Fsp3) is 0.294. The van der Waals surface area contributed by atoms with Crippen molar-refractivity contribution in [2.75, 3.05) is 26.4 Å². The lowest BCUT2D eigenvalue weighted by Crippen LogP contribution is -2.34. The van der Waals surface area contributed by atoms with Gasteiger partial charge in [-0.3, -0.25) is 9.59 Å². The van der Waals surface area contributed by atoms with Gasteiger partial charge in [0.1, 0.15) is 6.54 Å². The standard InChI is InChI=1S/C17H21N3O4S2/c1-19(2)26(23,24)15-8-9-17(22)20(12-15)13-16(21)18-10-11-25-14-6-4-3-5-7-14/h3-9,12H,10-11,13H2,1-2H3,(H,18,21). The van der Waals surface area contributed by atoms with E-state index in [1.807, 2.05) is 30.3 Å². The maximum atomic E-state index is 12.1. The maximum Gasteiger partial charge on any atom is 0.251 e. The number of nitrogens with zero attached hydrogens (tertiary/aromatic N) is 2. The summed E-state index contributed by atoms with van der Waals surface area (Å²) in [6.45, 7) is 0.217. The normalized spacial score (nSPS) is 11.5. The molecule has 1 amide bonds. The van der Waals surface area contributed by atoms with Crippen molar-refractivity contribution in [1.82, 2.24) is 14.2 Å². The Bertz CT molecular complexity index is 909. The van der Waals surface area contributed by atoms with E-state index in [4.69, 9.17) is 0 Å². The number of pyridine rings is 1. The van der Waals surface area contributed by atoms with Crippen LogP contribution in [0.1, 0.15) is 0 Å². The van der Waals surface area contributed by atoms with Gasteiger partial charge in [0.2, 0.25) is 15.9 Å². The second-order valence-corrected chi connectivity index (χ2v) is 8.95. The smallest absolute Gasteiger partial charge is 0.251 e. The van der Waals surface area contributed by atoms with Gasteiger partial charge in [0.15, 0.2) is 0 Å². The van der Waals surface area contributed by atoms with Crippen LogP contribution in [0.5, 0.6) is 0 Å². The largest absolute Gasteiger partial charge is 0.354 e. The van der Waals surface area contributed by atoms with E-state index in [9.17, 15) is 18.0 Å². The van der Waals surface area contributed by atoms with Gasteiger partial charge in [0.05, 0.1) is 4.90 Å². The first-order chi connectivity index (χ1) is 12.3. The third-order valence-corrected chi connectivity index (χ3v) is 6.30. The number of hydrogen-bond donors (Lipinski definition) is 1. The summed E-state index contributed by atoms with van der Waals surface area (Å²) in [6.07, 6.45) is 1.19. The van der Waals surface area contributed by atoms with E-state index >= 15 is 0 Å². The number of rotatable bonds is 8. The number of sulfonamides is 1. The summed E-state index contributed by atoms with van der Waals surface area (Å²) in [6, 6.07) is 12.2. The van der Waals surface area contributed by atoms with Crippen molar-refractivity contribution < 1.29 is 13.2 Å². The molecule has 0 spiro atoms. The van der Waals surface area contributed by atoms with Gasteiger partial charge in [-0.25, -0.2) is 12.7 Å². The molecule has 0 radical (unpaired) electrons. The molecule has 140 valence electrons. The third-order valence-electron chi connectivity index (χ3n) is 3.49. The molecule has 9 heteroatoms. The zero-order chi connectivity index (χ0) is 19.2. The number of thioether (sulfide) groups is 1. The molecule has 2 rings (SSSR count). The van der Waals surface area contributed by atoms with Crippen molar-refractivity contribution in [3.63, 3.8) is 0 Å². The molecule has 1 N–H and O–H groups in total. The molecule has 1 aromatic carbocycles. The summed E-state index contributed by atoms with van der Waals surface area (Å²) in [4.78, 5) is 25.0. The molecule has 1 aromatic heterocycles. The van der Waals surface area contributed by atoms with Crippen LogP contribution in [0.2, 0.25) is 0 Å². The zero-order valence-electron chi connectivity index (χ0n) is 14.6. The molecule has 0 aliphatic heterocycles. The third kappa shape index (κ3) is 5.45. The highest BCUT2D eigenvalue weighted by atomic mass is 32.2. The molecule has 26 heavy (non-hydrogen) atoms. The van der Waals surface area contributed by atoms with Crippen LogP contribution in [0, 0.1) is 0 Å².